The summed E-state index contributed by atoms with van der Waals surface area (Å²) in [6, 6.07) is 0.748. The van der Waals surface area contributed by atoms with Gasteiger partial charge in [0.15, 0.2) is 0 Å². The summed E-state index contributed by atoms with van der Waals surface area (Å²) < 4.78 is 0. The zero-order chi connectivity index (χ0) is 6.48. The smallest absolute Gasteiger partial charge is 0.0564 e. The third-order valence-corrected chi connectivity index (χ3v) is 2.42. The number of hydrogen-bond acceptors (Lipinski definition) is 2. The van der Waals surface area contributed by atoms with Crippen LogP contribution in [-0.2, 0) is 0 Å². The van der Waals surface area contributed by atoms with Crippen molar-refractivity contribution in [2.75, 3.05) is 19.6 Å². The van der Waals surface area contributed by atoms with Gasteiger partial charge < -0.3 is 5.32 Å². The summed E-state index contributed by atoms with van der Waals surface area (Å²) >= 11 is 0. The highest BCUT2D eigenvalue weighted by Gasteiger charge is 2.52. The fourth-order valence-corrected chi connectivity index (χ4v) is 1.44. The van der Waals surface area contributed by atoms with Crippen LogP contribution in [0.15, 0.2) is 0 Å². The lowest BCUT2D eigenvalue weighted by atomic mass is 9.99. The minimum absolute atomic E-state index is 0.601. The second-order valence-electron chi connectivity index (χ2n) is 3.63. The van der Waals surface area contributed by atoms with Gasteiger partial charge >= 0.3 is 0 Å². The van der Waals surface area contributed by atoms with Crippen LogP contribution in [0.5, 0.6) is 0 Å². The van der Waals surface area contributed by atoms with Crippen LogP contribution in [0.2, 0.25) is 0 Å². The average Bonchev–Trinajstić information content (AvgIpc) is 2.35. The summed E-state index contributed by atoms with van der Waals surface area (Å²) in [5, 5.41) is 3.39. The maximum atomic E-state index is 3.39. The molecule has 2 nitrogen and oxygen atoms in total. The minimum Gasteiger partial charge on any atom is -0.306 e. The minimum atomic E-state index is 0.601. The zero-order valence-corrected chi connectivity index (χ0v) is 6.15. The Balaban J connectivity index is 1.83. The van der Waals surface area contributed by atoms with Crippen molar-refractivity contribution in [3.05, 3.63) is 0 Å². The van der Waals surface area contributed by atoms with Crippen molar-refractivity contribution in [3.63, 3.8) is 0 Å². The van der Waals surface area contributed by atoms with E-state index in [0.29, 0.717) is 5.54 Å². The summed E-state index contributed by atoms with van der Waals surface area (Å²) in [5.41, 5.74) is 0.601. The Kier molecular flexibility index (Phi) is 0.945. The molecular weight excluding hydrogens is 112 g/mol. The highest BCUT2D eigenvalue weighted by Crippen LogP contribution is 2.30. The second-order valence-corrected chi connectivity index (χ2v) is 3.63. The van der Waals surface area contributed by atoms with Crippen LogP contribution in [0, 0.1) is 0 Å². The number of nitrogens with zero attached hydrogens (tertiary/aromatic N) is 1. The average molecular weight is 126 g/mol. The summed E-state index contributed by atoms with van der Waals surface area (Å²) in [5.74, 6) is 0. The number of rotatable bonds is 1. The van der Waals surface area contributed by atoms with Gasteiger partial charge in [-0.1, -0.05) is 0 Å². The van der Waals surface area contributed by atoms with Gasteiger partial charge in [-0.15, -0.1) is 0 Å². The van der Waals surface area contributed by atoms with Crippen molar-refractivity contribution in [2.45, 2.75) is 25.4 Å². The van der Waals surface area contributed by atoms with Gasteiger partial charge in [0.05, 0.1) is 5.54 Å². The van der Waals surface area contributed by atoms with E-state index in [1.807, 2.05) is 0 Å². The van der Waals surface area contributed by atoms with E-state index in [1.54, 1.807) is 0 Å². The topological polar surface area (TPSA) is 25.2 Å². The summed E-state index contributed by atoms with van der Waals surface area (Å²) in [4.78, 5) is 2.50. The standard InChI is InChI=1S/C7H14N2/c1-6(2)9-4-7(5-9)3-8-7/h6,8H,3-5H2,1-2H3. The molecule has 1 spiro atoms. The fourth-order valence-electron chi connectivity index (χ4n) is 1.44. The molecule has 2 aliphatic heterocycles. The molecule has 2 fully saturated rings. The van der Waals surface area contributed by atoms with Gasteiger partial charge in [0.25, 0.3) is 0 Å². The molecule has 0 aliphatic carbocycles. The van der Waals surface area contributed by atoms with E-state index in [1.165, 1.54) is 19.6 Å². The SMILES string of the molecule is CC(C)N1CC2(CN2)C1. The Morgan fingerprint density at radius 2 is 2.00 bits per heavy atom. The molecule has 0 atom stereocenters. The monoisotopic (exact) mass is 126 g/mol. The number of hydrogen-bond donors (Lipinski definition) is 1. The Morgan fingerprint density at radius 3 is 2.33 bits per heavy atom. The lowest BCUT2D eigenvalue weighted by Crippen LogP contribution is -2.58. The van der Waals surface area contributed by atoms with Crippen LogP contribution in [0.4, 0.5) is 0 Å². The Bertz CT molecular complexity index is 119. The van der Waals surface area contributed by atoms with E-state index in [-0.39, 0.29) is 0 Å². The van der Waals surface area contributed by atoms with Crippen LogP contribution < -0.4 is 5.32 Å². The first kappa shape index (κ1) is 5.69. The lowest BCUT2D eigenvalue weighted by Gasteiger charge is -2.41. The molecule has 2 heterocycles. The van der Waals surface area contributed by atoms with Crippen LogP contribution >= 0.6 is 0 Å². The molecular formula is C7H14N2. The molecule has 0 saturated carbocycles. The molecule has 2 aliphatic rings. The predicted molar refractivity (Wildman–Crippen MR) is 37.4 cm³/mol. The van der Waals surface area contributed by atoms with Gasteiger partial charge in [0.1, 0.15) is 0 Å². The molecule has 9 heavy (non-hydrogen) atoms. The zero-order valence-electron chi connectivity index (χ0n) is 6.15. The quantitative estimate of drug-likeness (QED) is 0.502. The molecule has 2 heteroatoms. The second kappa shape index (κ2) is 1.50. The van der Waals surface area contributed by atoms with Gasteiger partial charge in [-0.3, -0.25) is 4.90 Å². The highest BCUT2D eigenvalue weighted by atomic mass is 15.4. The van der Waals surface area contributed by atoms with Crippen LogP contribution in [0.3, 0.4) is 0 Å². The summed E-state index contributed by atoms with van der Waals surface area (Å²) in [7, 11) is 0. The number of nitrogens with one attached hydrogen (secondary N) is 1. The van der Waals surface area contributed by atoms with Crippen molar-refractivity contribution in [1.82, 2.24) is 10.2 Å². The van der Waals surface area contributed by atoms with Crippen molar-refractivity contribution in [2.24, 2.45) is 0 Å². The van der Waals surface area contributed by atoms with E-state index >= 15 is 0 Å². The first-order valence-electron chi connectivity index (χ1n) is 3.71. The van der Waals surface area contributed by atoms with E-state index in [9.17, 15) is 0 Å². The summed E-state index contributed by atoms with van der Waals surface area (Å²) in [6.45, 7) is 8.34. The predicted octanol–water partition coefficient (Wildman–Crippen LogP) is 0.0524. The van der Waals surface area contributed by atoms with Gasteiger partial charge in [-0.2, -0.15) is 0 Å². The number of likely N-dealkylation sites (tertiary alicyclic amines) is 1. The van der Waals surface area contributed by atoms with Gasteiger partial charge in [0, 0.05) is 25.7 Å². The van der Waals surface area contributed by atoms with Gasteiger partial charge in [-0.05, 0) is 13.8 Å². The molecule has 0 aromatic heterocycles. The first-order chi connectivity index (χ1) is 4.22. The highest BCUT2D eigenvalue weighted by molar-refractivity contribution is 5.15. The van der Waals surface area contributed by atoms with E-state index in [4.69, 9.17) is 0 Å². The summed E-state index contributed by atoms with van der Waals surface area (Å²) in [6.07, 6.45) is 0. The van der Waals surface area contributed by atoms with Crippen molar-refractivity contribution in [3.8, 4) is 0 Å². The molecule has 0 unspecified atom stereocenters. The first-order valence-corrected chi connectivity index (χ1v) is 3.71. The molecule has 0 bridgehead atoms. The van der Waals surface area contributed by atoms with Crippen molar-refractivity contribution < 1.29 is 0 Å². The Morgan fingerprint density at radius 1 is 1.44 bits per heavy atom. The maximum absolute atomic E-state index is 3.39. The van der Waals surface area contributed by atoms with Crippen molar-refractivity contribution in [1.29, 1.82) is 0 Å². The largest absolute Gasteiger partial charge is 0.306 e. The molecule has 2 saturated heterocycles. The van der Waals surface area contributed by atoms with Gasteiger partial charge in [-0.25, -0.2) is 0 Å². The molecule has 52 valence electrons. The molecule has 0 aromatic rings. The van der Waals surface area contributed by atoms with Crippen LogP contribution in [0.1, 0.15) is 13.8 Å². The van der Waals surface area contributed by atoms with Gasteiger partial charge in [0.2, 0.25) is 0 Å². The molecule has 0 aromatic carbocycles. The van der Waals surface area contributed by atoms with Crippen LogP contribution in [0.25, 0.3) is 0 Å². The maximum Gasteiger partial charge on any atom is 0.0564 e. The third-order valence-electron chi connectivity index (χ3n) is 2.42. The Labute approximate surface area is 56.2 Å². The molecule has 1 N–H and O–H groups in total. The van der Waals surface area contributed by atoms with E-state index in [0.717, 1.165) is 6.04 Å². The lowest BCUT2D eigenvalue weighted by molar-refractivity contribution is 0.0943. The fraction of sp³-hybridized carbons (Fsp3) is 1.00. The van der Waals surface area contributed by atoms with Crippen LogP contribution in [-0.4, -0.2) is 36.1 Å². The molecule has 0 amide bonds. The Hall–Kier alpha value is -0.0800. The van der Waals surface area contributed by atoms with Crippen molar-refractivity contribution >= 4 is 0 Å². The molecule has 0 radical (unpaired) electrons. The van der Waals surface area contributed by atoms with E-state index in [2.05, 4.69) is 24.1 Å². The van der Waals surface area contributed by atoms with E-state index < -0.39 is 0 Å². The normalized spacial score (nSPS) is 31.0. The molecule has 2 rings (SSSR count). The third kappa shape index (κ3) is 0.775.